The highest BCUT2D eigenvalue weighted by Gasteiger charge is 2.57. The summed E-state index contributed by atoms with van der Waals surface area (Å²) in [6, 6.07) is 20.5. The molecular weight excluding hydrogens is 248 g/mol. The monoisotopic (exact) mass is 264 g/mol. The zero-order valence-corrected chi connectivity index (χ0v) is 11.1. The summed E-state index contributed by atoms with van der Waals surface area (Å²) >= 11 is 0. The number of rotatable bonds is 2. The van der Waals surface area contributed by atoms with Gasteiger partial charge >= 0.3 is 0 Å². The van der Waals surface area contributed by atoms with Gasteiger partial charge in [-0.15, -0.1) is 0 Å². The smallest absolute Gasteiger partial charge is 0.145 e. The topological polar surface area (TPSA) is 26.3 Å². The fourth-order valence-corrected chi connectivity index (χ4v) is 3.63. The van der Waals surface area contributed by atoms with Gasteiger partial charge in [-0.1, -0.05) is 60.7 Å². The molecule has 2 fully saturated rings. The van der Waals surface area contributed by atoms with Crippen molar-refractivity contribution in [1.82, 2.24) is 0 Å². The normalized spacial score (nSPS) is 31.7. The number of ether oxygens (including phenoxy) is 1. The minimum absolute atomic E-state index is 0.0152. The molecule has 1 heterocycles. The summed E-state index contributed by atoms with van der Waals surface area (Å²) < 4.78 is 5.93. The van der Waals surface area contributed by atoms with Gasteiger partial charge in [0.1, 0.15) is 5.78 Å². The van der Waals surface area contributed by atoms with E-state index in [1.54, 1.807) is 0 Å². The Bertz CT molecular complexity index is 579. The van der Waals surface area contributed by atoms with Crippen molar-refractivity contribution in [3.8, 4) is 0 Å². The van der Waals surface area contributed by atoms with Crippen LogP contribution in [0.25, 0.3) is 0 Å². The van der Waals surface area contributed by atoms with Crippen molar-refractivity contribution in [3.05, 3.63) is 71.8 Å². The molecule has 4 rings (SSSR count). The van der Waals surface area contributed by atoms with Gasteiger partial charge in [-0.25, -0.2) is 0 Å². The van der Waals surface area contributed by atoms with Crippen molar-refractivity contribution in [2.45, 2.75) is 12.0 Å². The first-order valence-electron chi connectivity index (χ1n) is 7.11. The molecular formula is C18H16O2. The second-order valence-corrected chi connectivity index (χ2v) is 5.64. The van der Waals surface area contributed by atoms with Crippen LogP contribution in [0.3, 0.4) is 0 Å². The highest BCUT2D eigenvalue weighted by atomic mass is 16.5. The Labute approximate surface area is 118 Å². The summed E-state index contributed by atoms with van der Waals surface area (Å²) in [7, 11) is 0. The van der Waals surface area contributed by atoms with Gasteiger partial charge in [0.05, 0.1) is 18.6 Å². The highest BCUT2D eigenvalue weighted by Crippen LogP contribution is 2.55. The molecule has 0 radical (unpaired) electrons. The minimum atomic E-state index is -0.0843. The molecule has 20 heavy (non-hydrogen) atoms. The lowest BCUT2D eigenvalue weighted by atomic mass is 9.56. The first kappa shape index (κ1) is 11.9. The van der Waals surface area contributed by atoms with E-state index in [1.165, 1.54) is 5.56 Å². The predicted molar refractivity (Wildman–Crippen MR) is 76.3 cm³/mol. The lowest BCUT2D eigenvalue weighted by Gasteiger charge is -2.51. The molecule has 2 aromatic rings. The molecule has 4 atom stereocenters. The third-order valence-corrected chi connectivity index (χ3v) is 4.61. The van der Waals surface area contributed by atoms with Crippen molar-refractivity contribution >= 4 is 5.78 Å². The van der Waals surface area contributed by atoms with Crippen molar-refractivity contribution in [2.24, 2.45) is 11.8 Å². The lowest BCUT2D eigenvalue weighted by molar-refractivity contribution is -0.174. The van der Waals surface area contributed by atoms with Gasteiger partial charge < -0.3 is 4.74 Å². The average molecular weight is 264 g/mol. The summed E-state index contributed by atoms with van der Waals surface area (Å²) in [5.74, 6) is 0.738. The van der Waals surface area contributed by atoms with Crippen LogP contribution in [0.4, 0.5) is 0 Å². The van der Waals surface area contributed by atoms with Crippen molar-refractivity contribution < 1.29 is 9.53 Å². The maximum Gasteiger partial charge on any atom is 0.145 e. The minimum Gasteiger partial charge on any atom is -0.372 e. The summed E-state index contributed by atoms with van der Waals surface area (Å²) in [5.41, 5.74) is 2.39. The second-order valence-electron chi connectivity index (χ2n) is 5.64. The molecule has 2 aliphatic rings. The zero-order chi connectivity index (χ0) is 13.5. The van der Waals surface area contributed by atoms with E-state index in [-0.39, 0.29) is 17.9 Å². The standard InChI is InChI=1S/C18H16O2/c19-17-14-11-20-18(13-9-5-2-6-10-13)16(17)15(14)12-7-3-1-4-8-12/h1-10,14-16,18H,11H2. The van der Waals surface area contributed by atoms with Crippen LogP contribution in [-0.2, 0) is 9.53 Å². The SMILES string of the molecule is O=C1C2COC(c3ccccc3)C1C2c1ccccc1. The molecule has 4 unspecified atom stereocenters. The van der Waals surface area contributed by atoms with Crippen LogP contribution in [0.15, 0.2) is 60.7 Å². The van der Waals surface area contributed by atoms with E-state index in [9.17, 15) is 4.79 Å². The van der Waals surface area contributed by atoms with E-state index in [2.05, 4.69) is 24.3 Å². The molecule has 2 bridgehead atoms. The van der Waals surface area contributed by atoms with Gasteiger partial charge in [-0.05, 0) is 11.1 Å². The number of carbonyl (C=O) groups is 1. The van der Waals surface area contributed by atoms with Gasteiger partial charge in [-0.3, -0.25) is 4.79 Å². The molecule has 0 aromatic heterocycles. The second kappa shape index (κ2) is 4.57. The Kier molecular flexibility index (Phi) is 2.71. The van der Waals surface area contributed by atoms with E-state index in [0.717, 1.165) is 5.56 Å². The number of fused-ring (bicyclic) bond motifs is 2. The fraction of sp³-hybridized carbons (Fsp3) is 0.278. The quantitative estimate of drug-likeness (QED) is 0.831. The third kappa shape index (κ3) is 1.65. The largest absolute Gasteiger partial charge is 0.372 e. The van der Waals surface area contributed by atoms with Crippen molar-refractivity contribution in [3.63, 3.8) is 0 Å². The van der Waals surface area contributed by atoms with E-state index in [4.69, 9.17) is 4.74 Å². The lowest BCUT2D eigenvalue weighted by Crippen LogP contribution is -2.55. The molecule has 1 saturated heterocycles. The number of benzene rings is 2. The molecule has 1 saturated carbocycles. The third-order valence-electron chi connectivity index (χ3n) is 4.61. The van der Waals surface area contributed by atoms with Crippen LogP contribution in [0.1, 0.15) is 23.1 Å². The predicted octanol–water partition coefficient (Wildman–Crippen LogP) is 3.36. The van der Waals surface area contributed by atoms with Gasteiger partial charge in [0.25, 0.3) is 0 Å². The number of Topliss-reactive ketones (excluding diaryl/α,β-unsaturated/α-hetero) is 1. The van der Waals surface area contributed by atoms with Crippen molar-refractivity contribution in [2.75, 3.05) is 6.61 Å². The van der Waals surface area contributed by atoms with E-state index in [1.807, 2.05) is 36.4 Å². The Morgan fingerprint density at radius 3 is 2.00 bits per heavy atom. The van der Waals surface area contributed by atoms with E-state index < -0.39 is 0 Å². The maximum absolute atomic E-state index is 12.3. The van der Waals surface area contributed by atoms with Crippen LogP contribution in [0.5, 0.6) is 0 Å². The number of hydrogen-bond donors (Lipinski definition) is 0. The van der Waals surface area contributed by atoms with Crippen LogP contribution < -0.4 is 0 Å². The molecule has 2 aromatic carbocycles. The Hall–Kier alpha value is -1.93. The summed E-state index contributed by atoms with van der Waals surface area (Å²) in [5, 5.41) is 0. The van der Waals surface area contributed by atoms with Crippen molar-refractivity contribution in [1.29, 1.82) is 0 Å². The molecule has 100 valence electrons. The zero-order valence-electron chi connectivity index (χ0n) is 11.1. The summed E-state index contributed by atoms with van der Waals surface area (Å²) in [6.45, 7) is 0.550. The number of ketones is 1. The van der Waals surface area contributed by atoms with Crippen LogP contribution in [0, 0.1) is 11.8 Å². The molecule has 0 amide bonds. The Morgan fingerprint density at radius 2 is 1.40 bits per heavy atom. The average Bonchev–Trinajstić information content (AvgIpc) is 2.55. The number of carbonyl (C=O) groups excluding carboxylic acids is 1. The van der Waals surface area contributed by atoms with Gasteiger partial charge in [0.15, 0.2) is 0 Å². The molecule has 0 spiro atoms. The fourth-order valence-electron chi connectivity index (χ4n) is 3.63. The molecule has 2 nitrogen and oxygen atoms in total. The van der Waals surface area contributed by atoms with Gasteiger partial charge in [0, 0.05) is 11.8 Å². The van der Waals surface area contributed by atoms with E-state index >= 15 is 0 Å². The maximum atomic E-state index is 12.3. The number of hydrogen-bond acceptors (Lipinski definition) is 2. The summed E-state index contributed by atoms with van der Waals surface area (Å²) in [4.78, 5) is 12.3. The first-order valence-corrected chi connectivity index (χ1v) is 7.11. The van der Waals surface area contributed by atoms with Gasteiger partial charge in [-0.2, -0.15) is 0 Å². The van der Waals surface area contributed by atoms with Crippen LogP contribution in [0.2, 0.25) is 0 Å². The van der Waals surface area contributed by atoms with E-state index in [0.29, 0.717) is 18.3 Å². The molecule has 1 aliphatic heterocycles. The first-order chi connectivity index (χ1) is 9.86. The Morgan fingerprint density at radius 1 is 0.800 bits per heavy atom. The Balaban J connectivity index is 1.70. The molecule has 1 aliphatic carbocycles. The van der Waals surface area contributed by atoms with Crippen LogP contribution >= 0.6 is 0 Å². The summed E-state index contributed by atoms with van der Waals surface area (Å²) in [6.07, 6.45) is -0.0843. The molecule has 2 heteroatoms. The molecule has 0 N–H and O–H groups in total. The van der Waals surface area contributed by atoms with Gasteiger partial charge in [0.2, 0.25) is 0 Å². The van der Waals surface area contributed by atoms with Crippen LogP contribution in [-0.4, -0.2) is 12.4 Å². The highest BCUT2D eigenvalue weighted by molar-refractivity contribution is 5.93.